The number of rotatable bonds is 5. The standard InChI is InChI=1S/C23H23ClN2O3S/c1-28-18-11-15(12-19(14-18)29-2)3-6-22(27)26-9-7-16(8-10-26)23-25-20-13-17(24)4-5-21(20)30-23/h3-6,11-14,16H,7-10H2,1-2H3/b6-3+. The van der Waals surface area contributed by atoms with Gasteiger partial charge in [-0.25, -0.2) is 4.98 Å². The maximum atomic E-state index is 12.7. The van der Waals surface area contributed by atoms with Crippen molar-refractivity contribution in [2.24, 2.45) is 0 Å². The molecule has 1 amide bonds. The Balaban J connectivity index is 1.38. The molecule has 0 atom stereocenters. The van der Waals surface area contributed by atoms with Gasteiger partial charge in [-0.2, -0.15) is 0 Å². The maximum absolute atomic E-state index is 12.7. The van der Waals surface area contributed by atoms with E-state index in [-0.39, 0.29) is 5.91 Å². The molecule has 5 nitrogen and oxygen atoms in total. The molecule has 0 bridgehead atoms. The highest BCUT2D eigenvalue weighted by Gasteiger charge is 2.25. The summed E-state index contributed by atoms with van der Waals surface area (Å²) in [5.41, 5.74) is 1.82. The summed E-state index contributed by atoms with van der Waals surface area (Å²) >= 11 is 7.80. The smallest absolute Gasteiger partial charge is 0.246 e. The number of likely N-dealkylation sites (tertiary alicyclic amines) is 1. The highest BCUT2D eigenvalue weighted by Crippen LogP contribution is 2.34. The molecule has 2 heterocycles. The number of benzene rings is 2. The zero-order valence-electron chi connectivity index (χ0n) is 16.9. The van der Waals surface area contributed by atoms with Crippen LogP contribution >= 0.6 is 22.9 Å². The second kappa shape index (κ2) is 9.06. The minimum Gasteiger partial charge on any atom is -0.497 e. The predicted octanol–water partition coefficient (Wildman–Crippen LogP) is 5.39. The molecule has 1 aliphatic heterocycles. The number of carbonyl (C=O) groups excluding carboxylic acids is 1. The Kier molecular flexibility index (Phi) is 6.25. The SMILES string of the molecule is COc1cc(/C=C/C(=O)N2CCC(c3nc4cc(Cl)ccc4s3)CC2)cc(OC)c1. The second-order valence-electron chi connectivity index (χ2n) is 7.24. The van der Waals surface area contributed by atoms with Gasteiger partial charge in [-0.15, -0.1) is 11.3 Å². The third-order valence-electron chi connectivity index (χ3n) is 5.31. The molecule has 1 fully saturated rings. The molecule has 30 heavy (non-hydrogen) atoms. The number of amides is 1. The lowest BCUT2D eigenvalue weighted by Gasteiger charge is -2.30. The number of ether oxygens (including phenoxy) is 2. The molecule has 7 heteroatoms. The molecule has 1 saturated heterocycles. The summed E-state index contributed by atoms with van der Waals surface area (Å²) in [5, 5.41) is 1.85. The lowest BCUT2D eigenvalue weighted by molar-refractivity contribution is -0.126. The molecular formula is C23H23ClN2O3S. The topological polar surface area (TPSA) is 51.7 Å². The summed E-state index contributed by atoms with van der Waals surface area (Å²) < 4.78 is 11.7. The Morgan fingerprint density at radius 1 is 1.13 bits per heavy atom. The van der Waals surface area contributed by atoms with Crippen molar-refractivity contribution in [1.82, 2.24) is 9.88 Å². The maximum Gasteiger partial charge on any atom is 0.246 e. The average molecular weight is 443 g/mol. The van der Waals surface area contributed by atoms with Crippen LogP contribution in [-0.2, 0) is 4.79 Å². The zero-order chi connectivity index (χ0) is 21.1. The molecule has 0 unspecified atom stereocenters. The quantitative estimate of drug-likeness (QED) is 0.497. The van der Waals surface area contributed by atoms with Crippen molar-refractivity contribution in [3.8, 4) is 11.5 Å². The third-order valence-corrected chi connectivity index (χ3v) is 6.75. The van der Waals surface area contributed by atoms with E-state index in [2.05, 4.69) is 0 Å². The van der Waals surface area contributed by atoms with Crippen LogP contribution in [0, 0.1) is 0 Å². The monoisotopic (exact) mass is 442 g/mol. The Labute approximate surface area is 184 Å². The van der Waals surface area contributed by atoms with Gasteiger partial charge in [0.1, 0.15) is 11.5 Å². The number of hydrogen-bond acceptors (Lipinski definition) is 5. The zero-order valence-corrected chi connectivity index (χ0v) is 18.5. The van der Waals surface area contributed by atoms with Gasteiger partial charge in [0, 0.05) is 36.2 Å². The Morgan fingerprint density at radius 3 is 2.50 bits per heavy atom. The number of thiazole rings is 1. The largest absolute Gasteiger partial charge is 0.497 e. The number of piperidine rings is 1. The number of fused-ring (bicyclic) bond motifs is 1. The highest BCUT2D eigenvalue weighted by molar-refractivity contribution is 7.18. The van der Waals surface area contributed by atoms with Crippen LogP contribution < -0.4 is 9.47 Å². The van der Waals surface area contributed by atoms with Gasteiger partial charge >= 0.3 is 0 Å². The van der Waals surface area contributed by atoms with Gasteiger partial charge < -0.3 is 14.4 Å². The van der Waals surface area contributed by atoms with Crippen LogP contribution in [0.1, 0.15) is 29.3 Å². The van der Waals surface area contributed by atoms with Crippen molar-refractivity contribution < 1.29 is 14.3 Å². The fourth-order valence-electron chi connectivity index (χ4n) is 3.64. The summed E-state index contributed by atoms with van der Waals surface area (Å²) in [6.45, 7) is 1.46. The molecular weight excluding hydrogens is 420 g/mol. The molecule has 2 aromatic carbocycles. The van der Waals surface area contributed by atoms with Gasteiger partial charge in [0.15, 0.2) is 0 Å². The summed E-state index contributed by atoms with van der Waals surface area (Å²) in [4.78, 5) is 19.3. The second-order valence-corrected chi connectivity index (χ2v) is 8.74. The number of carbonyl (C=O) groups is 1. The number of aromatic nitrogens is 1. The first-order valence-electron chi connectivity index (χ1n) is 9.82. The van der Waals surface area contributed by atoms with Crippen LogP contribution in [0.3, 0.4) is 0 Å². The molecule has 0 radical (unpaired) electrons. The van der Waals surface area contributed by atoms with E-state index >= 15 is 0 Å². The van der Waals surface area contributed by atoms with Gasteiger partial charge in [0.25, 0.3) is 0 Å². The van der Waals surface area contributed by atoms with Crippen LogP contribution in [0.15, 0.2) is 42.5 Å². The van der Waals surface area contributed by atoms with Crippen molar-refractivity contribution >= 4 is 45.1 Å². The van der Waals surface area contributed by atoms with E-state index < -0.39 is 0 Å². The minimum absolute atomic E-state index is 0.0197. The van der Waals surface area contributed by atoms with Crippen molar-refractivity contribution in [3.05, 3.63) is 58.1 Å². The van der Waals surface area contributed by atoms with Gasteiger partial charge in [-0.3, -0.25) is 4.79 Å². The van der Waals surface area contributed by atoms with Crippen molar-refractivity contribution in [1.29, 1.82) is 0 Å². The summed E-state index contributed by atoms with van der Waals surface area (Å²) in [5.74, 6) is 1.79. The van der Waals surface area contributed by atoms with Crippen LogP contribution in [0.4, 0.5) is 0 Å². The van der Waals surface area contributed by atoms with E-state index in [0.717, 1.165) is 46.7 Å². The molecule has 0 N–H and O–H groups in total. The first-order chi connectivity index (χ1) is 14.6. The Morgan fingerprint density at radius 2 is 1.83 bits per heavy atom. The minimum atomic E-state index is 0.0197. The average Bonchev–Trinajstić information content (AvgIpc) is 3.20. The van der Waals surface area contributed by atoms with E-state index in [0.29, 0.717) is 22.4 Å². The van der Waals surface area contributed by atoms with Crippen LogP contribution in [0.2, 0.25) is 5.02 Å². The molecule has 0 aliphatic carbocycles. The number of nitrogens with zero attached hydrogens (tertiary/aromatic N) is 2. The van der Waals surface area contributed by atoms with Gasteiger partial charge in [-0.1, -0.05) is 11.6 Å². The van der Waals surface area contributed by atoms with Crippen LogP contribution in [0.25, 0.3) is 16.3 Å². The molecule has 156 valence electrons. The summed E-state index contributed by atoms with van der Waals surface area (Å²) in [6, 6.07) is 11.4. The van der Waals surface area contributed by atoms with Gasteiger partial charge in [0.2, 0.25) is 5.91 Å². The van der Waals surface area contributed by atoms with E-state index in [1.165, 1.54) is 0 Å². The Bertz CT molecular complexity index is 1060. The van der Waals surface area contributed by atoms with Gasteiger partial charge in [0.05, 0.1) is 29.4 Å². The number of hydrogen-bond donors (Lipinski definition) is 0. The van der Waals surface area contributed by atoms with E-state index in [1.807, 2.05) is 35.2 Å². The van der Waals surface area contributed by atoms with E-state index in [9.17, 15) is 4.79 Å². The van der Waals surface area contributed by atoms with Gasteiger partial charge in [-0.05, 0) is 54.8 Å². The molecule has 4 rings (SSSR count). The van der Waals surface area contributed by atoms with Crippen LogP contribution in [-0.4, -0.2) is 43.1 Å². The molecule has 3 aromatic rings. The highest BCUT2D eigenvalue weighted by atomic mass is 35.5. The first-order valence-corrected chi connectivity index (χ1v) is 11.0. The fourth-order valence-corrected chi connectivity index (χ4v) is 4.92. The fraction of sp³-hybridized carbons (Fsp3) is 0.304. The molecule has 0 spiro atoms. The third kappa shape index (κ3) is 4.60. The normalized spacial score (nSPS) is 15.1. The lowest BCUT2D eigenvalue weighted by atomic mass is 9.97. The molecule has 0 saturated carbocycles. The number of methoxy groups -OCH3 is 2. The first kappa shape index (κ1) is 20.7. The van der Waals surface area contributed by atoms with E-state index in [1.54, 1.807) is 43.8 Å². The molecule has 1 aromatic heterocycles. The van der Waals surface area contributed by atoms with Crippen molar-refractivity contribution in [3.63, 3.8) is 0 Å². The van der Waals surface area contributed by atoms with Crippen molar-refractivity contribution in [2.75, 3.05) is 27.3 Å². The molecule has 1 aliphatic rings. The number of halogens is 1. The Hall–Kier alpha value is -2.57. The van der Waals surface area contributed by atoms with Crippen molar-refractivity contribution in [2.45, 2.75) is 18.8 Å². The van der Waals surface area contributed by atoms with E-state index in [4.69, 9.17) is 26.1 Å². The predicted molar refractivity (Wildman–Crippen MR) is 122 cm³/mol. The summed E-state index contributed by atoms with van der Waals surface area (Å²) in [7, 11) is 3.22. The lowest BCUT2D eigenvalue weighted by Crippen LogP contribution is -2.36. The van der Waals surface area contributed by atoms with Crippen LogP contribution in [0.5, 0.6) is 11.5 Å². The summed E-state index contributed by atoms with van der Waals surface area (Å²) in [6.07, 6.45) is 5.26.